The Morgan fingerprint density at radius 1 is 1.15 bits per heavy atom. The quantitative estimate of drug-likeness (QED) is 0.837. The lowest BCUT2D eigenvalue weighted by atomic mass is 10.0. The molecule has 1 aromatic heterocycles. The molecule has 4 heteroatoms. The van der Waals surface area contributed by atoms with Crippen LogP contribution in [0.25, 0.3) is 0 Å². The van der Waals surface area contributed by atoms with Gasteiger partial charge in [-0.3, -0.25) is 14.8 Å². The summed E-state index contributed by atoms with van der Waals surface area (Å²) in [5.41, 5.74) is 1.20. The van der Waals surface area contributed by atoms with E-state index in [2.05, 4.69) is 26.9 Å². The molecule has 0 unspecified atom stereocenters. The number of ether oxygens (including phenoxy) is 1. The molecule has 0 saturated carbocycles. The van der Waals surface area contributed by atoms with E-state index < -0.39 is 0 Å². The SMILES string of the molecule is c1ccc(CN2CCCC[C@H]2CN2CCOCC2)nc1. The van der Waals surface area contributed by atoms with Crippen molar-refractivity contribution in [3.63, 3.8) is 0 Å². The summed E-state index contributed by atoms with van der Waals surface area (Å²) in [6.07, 6.45) is 5.92. The molecule has 20 heavy (non-hydrogen) atoms. The highest BCUT2D eigenvalue weighted by Gasteiger charge is 2.25. The minimum atomic E-state index is 0.684. The third kappa shape index (κ3) is 3.78. The molecule has 0 radical (unpaired) electrons. The van der Waals surface area contributed by atoms with Crippen molar-refractivity contribution >= 4 is 0 Å². The molecule has 110 valence electrons. The van der Waals surface area contributed by atoms with E-state index in [1.807, 2.05) is 12.3 Å². The first-order chi connectivity index (χ1) is 9.92. The van der Waals surface area contributed by atoms with Crippen LogP contribution in [0.5, 0.6) is 0 Å². The zero-order chi connectivity index (χ0) is 13.6. The van der Waals surface area contributed by atoms with Crippen LogP contribution in [0.1, 0.15) is 25.0 Å². The average Bonchev–Trinajstić information content (AvgIpc) is 2.51. The fourth-order valence-corrected chi connectivity index (χ4v) is 3.26. The lowest BCUT2D eigenvalue weighted by Crippen LogP contribution is -2.49. The van der Waals surface area contributed by atoms with Crippen LogP contribution >= 0.6 is 0 Å². The smallest absolute Gasteiger partial charge is 0.0594 e. The molecule has 2 aliphatic rings. The van der Waals surface area contributed by atoms with E-state index in [0.29, 0.717) is 6.04 Å². The fourth-order valence-electron chi connectivity index (χ4n) is 3.26. The lowest BCUT2D eigenvalue weighted by Gasteiger charge is -2.39. The molecule has 0 spiro atoms. The van der Waals surface area contributed by atoms with Crippen molar-refractivity contribution in [2.24, 2.45) is 0 Å². The lowest BCUT2D eigenvalue weighted by molar-refractivity contribution is 0.0151. The summed E-state index contributed by atoms with van der Waals surface area (Å²) in [4.78, 5) is 9.67. The van der Waals surface area contributed by atoms with E-state index >= 15 is 0 Å². The summed E-state index contributed by atoms with van der Waals surface area (Å²) in [5.74, 6) is 0. The summed E-state index contributed by atoms with van der Waals surface area (Å²) in [6, 6.07) is 6.90. The summed E-state index contributed by atoms with van der Waals surface area (Å²) in [6.45, 7) is 7.37. The number of rotatable bonds is 4. The zero-order valence-corrected chi connectivity index (χ0v) is 12.2. The second-order valence-corrected chi connectivity index (χ2v) is 5.85. The fraction of sp³-hybridized carbons (Fsp3) is 0.688. The first kappa shape index (κ1) is 14.0. The van der Waals surface area contributed by atoms with E-state index in [4.69, 9.17) is 4.74 Å². The maximum absolute atomic E-state index is 5.45. The predicted molar refractivity (Wildman–Crippen MR) is 79.5 cm³/mol. The van der Waals surface area contributed by atoms with Crippen LogP contribution in [0.15, 0.2) is 24.4 Å². The first-order valence-corrected chi connectivity index (χ1v) is 7.86. The number of hydrogen-bond donors (Lipinski definition) is 0. The first-order valence-electron chi connectivity index (χ1n) is 7.86. The Morgan fingerprint density at radius 3 is 2.85 bits per heavy atom. The van der Waals surface area contributed by atoms with Gasteiger partial charge in [-0.15, -0.1) is 0 Å². The molecule has 2 saturated heterocycles. The Morgan fingerprint density at radius 2 is 2.05 bits per heavy atom. The molecule has 1 atom stereocenters. The summed E-state index contributed by atoms with van der Waals surface area (Å²) >= 11 is 0. The standard InChI is InChI=1S/C16H25N3O/c1-3-7-17-15(5-1)13-19-8-4-2-6-16(19)14-18-9-11-20-12-10-18/h1,3,5,7,16H,2,4,6,8-14H2/t16-/m0/s1. The Balaban J connectivity index is 1.58. The van der Waals surface area contributed by atoms with Crippen LogP contribution < -0.4 is 0 Å². The van der Waals surface area contributed by atoms with Gasteiger partial charge in [0.2, 0.25) is 0 Å². The van der Waals surface area contributed by atoms with Gasteiger partial charge in [0.1, 0.15) is 0 Å². The molecular weight excluding hydrogens is 250 g/mol. The highest BCUT2D eigenvalue weighted by atomic mass is 16.5. The molecule has 3 rings (SSSR count). The second-order valence-electron chi connectivity index (χ2n) is 5.85. The summed E-state index contributed by atoms with van der Waals surface area (Å²) in [5, 5.41) is 0. The Kier molecular flexibility index (Phi) is 5.01. The van der Waals surface area contributed by atoms with Crippen LogP contribution in [-0.2, 0) is 11.3 Å². The van der Waals surface area contributed by atoms with Gasteiger partial charge in [0, 0.05) is 38.4 Å². The van der Waals surface area contributed by atoms with Crippen LogP contribution in [0.2, 0.25) is 0 Å². The van der Waals surface area contributed by atoms with Gasteiger partial charge < -0.3 is 4.74 Å². The van der Waals surface area contributed by atoms with Gasteiger partial charge in [0.05, 0.1) is 18.9 Å². The van der Waals surface area contributed by atoms with Gasteiger partial charge in [0.15, 0.2) is 0 Å². The van der Waals surface area contributed by atoms with Gasteiger partial charge in [-0.2, -0.15) is 0 Å². The molecule has 2 aliphatic heterocycles. The molecule has 1 aromatic rings. The highest BCUT2D eigenvalue weighted by molar-refractivity contribution is 5.04. The molecule has 4 nitrogen and oxygen atoms in total. The molecule has 0 amide bonds. The van der Waals surface area contributed by atoms with Crippen LogP contribution in [0.4, 0.5) is 0 Å². The molecule has 3 heterocycles. The summed E-state index contributed by atoms with van der Waals surface area (Å²) < 4.78 is 5.45. The topological polar surface area (TPSA) is 28.6 Å². The van der Waals surface area contributed by atoms with Gasteiger partial charge in [0.25, 0.3) is 0 Å². The number of nitrogens with zero attached hydrogens (tertiary/aromatic N) is 3. The second kappa shape index (κ2) is 7.16. The molecule has 0 bridgehead atoms. The van der Waals surface area contributed by atoms with Crippen molar-refractivity contribution in [1.29, 1.82) is 0 Å². The van der Waals surface area contributed by atoms with E-state index in [1.54, 1.807) is 0 Å². The number of pyridine rings is 1. The van der Waals surface area contributed by atoms with E-state index in [-0.39, 0.29) is 0 Å². The van der Waals surface area contributed by atoms with E-state index in [1.165, 1.54) is 38.0 Å². The third-order valence-corrected chi connectivity index (χ3v) is 4.41. The van der Waals surface area contributed by atoms with Crippen molar-refractivity contribution in [3.05, 3.63) is 30.1 Å². The van der Waals surface area contributed by atoms with Crippen molar-refractivity contribution in [1.82, 2.24) is 14.8 Å². The summed E-state index contributed by atoms with van der Waals surface area (Å²) in [7, 11) is 0. The van der Waals surface area contributed by atoms with E-state index in [9.17, 15) is 0 Å². The van der Waals surface area contributed by atoms with Crippen LogP contribution in [0.3, 0.4) is 0 Å². The molecule has 0 aliphatic carbocycles. The molecule has 0 N–H and O–H groups in total. The average molecular weight is 275 g/mol. The van der Waals surface area contributed by atoms with Crippen LogP contribution in [0, 0.1) is 0 Å². The Bertz CT molecular complexity index is 392. The maximum atomic E-state index is 5.45. The van der Waals surface area contributed by atoms with Gasteiger partial charge in [-0.05, 0) is 31.5 Å². The van der Waals surface area contributed by atoms with Crippen LogP contribution in [-0.4, -0.2) is 60.2 Å². The molecule has 2 fully saturated rings. The minimum absolute atomic E-state index is 0.684. The molecule has 0 aromatic carbocycles. The maximum Gasteiger partial charge on any atom is 0.0594 e. The number of morpholine rings is 1. The van der Waals surface area contributed by atoms with Gasteiger partial charge >= 0.3 is 0 Å². The number of hydrogen-bond acceptors (Lipinski definition) is 4. The number of piperidine rings is 1. The van der Waals surface area contributed by atoms with Crippen molar-refractivity contribution in [2.75, 3.05) is 39.4 Å². The van der Waals surface area contributed by atoms with E-state index in [0.717, 1.165) is 32.8 Å². The zero-order valence-electron chi connectivity index (χ0n) is 12.2. The Labute approximate surface area is 121 Å². The van der Waals surface area contributed by atoms with Gasteiger partial charge in [-0.25, -0.2) is 0 Å². The monoisotopic (exact) mass is 275 g/mol. The van der Waals surface area contributed by atoms with Crippen molar-refractivity contribution < 1.29 is 4.74 Å². The molecular formula is C16H25N3O. The third-order valence-electron chi connectivity index (χ3n) is 4.41. The predicted octanol–water partition coefficient (Wildman–Crippen LogP) is 1.77. The van der Waals surface area contributed by atoms with Crippen molar-refractivity contribution in [3.8, 4) is 0 Å². The van der Waals surface area contributed by atoms with Gasteiger partial charge in [-0.1, -0.05) is 12.5 Å². The van der Waals surface area contributed by atoms with Crippen molar-refractivity contribution in [2.45, 2.75) is 31.8 Å². The largest absolute Gasteiger partial charge is 0.379 e. The normalized spacial score (nSPS) is 25.7. The Hall–Kier alpha value is -0.970. The number of likely N-dealkylation sites (tertiary alicyclic amines) is 1. The minimum Gasteiger partial charge on any atom is -0.379 e. The highest BCUT2D eigenvalue weighted by Crippen LogP contribution is 2.20. The number of aromatic nitrogens is 1.